The number of hydrogen-bond acceptors (Lipinski definition) is 3. The first kappa shape index (κ1) is 8.37. The van der Waals surface area contributed by atoms with Crippen molar-refractivity contribution in [3.63, 3.8) is 0 Å². The fourth-order valence-electron chi connectivity index (χ4n) is 1.19. The average molecular weight is 162 g/mol. The Bertz CT molecular complexity index is 87.6. The molecule has 0 aliphatic carbocycles. The molecular formula is C7H14O2S. The lowest BCUT2D eigenvalue weighted by molar-refractivity contribution is -0.0148. The number of aliphatic hydroxyl groups is 1. The summed E-state index contributed by atoms with van der Waals surface area (Å²) in [7, 11) is 0. The van der Waals surface area contributed by atoms with Crippen LogP contribution in [-0.4, -0.2) is 35.9 Å². The number of rotatable bonds is 2. The molecule has 0 amide bonds. The number of thioether (sulfide) groups is 1. The van der Waals surface area contributed by atoms with E-state index in [-0.39, 0.29) is 12.7 Å². The summed E-state index contributed by atoms with van der Waals surface area (Å²) in [4.78, 5) is 0. The molecule has 0 aromatic heterocycles. The lowest BCUT2D eigenvalue weighted by Crippen LogP contribution is -2.29. The van der Waals surface area contributed by atoms with Gasteiger partial charge in [0.05, 0.1) is 12.7 Å². The smallest absolute Gasteiger partial charge is 0.0816 e. The third-order valence-corrected chi connectivity index (χ3v) is 2.95. The highest BCUT2D eigenvalue weighted by atomic mass is 32.2. The Morgan fingerprint density at radius 3 is 3.10 bits per heavy atom. The molecular weight excluding hydrogens is 148 g/mol. The molecule has 1 saturated heterocycles. The second kappa shape index (κ2) is 4.21. The number of ether oxygens (including phenoxy) is 1. The Morgan fingerprint density at radius 1 is 1.70 bits per heavy atom. The lowest BCUT2D eigenvalue weighted by atomic mass is 10.1. The fourth-order valence-corrected chi connectivity index (χ4v) is 1.93. The summed E-state index contributed by atoms with van der Waals surface area (Å²) in [6.07, 6.45) is 4.37. The van der Waals surface area contributed by atoms with Crippen LogP contribution in [0.5, 0.6) is 0 Å². The van der Waals surface area contributed by atoms with E-state index in [2.05, 4.69) is 6.26 Å². The predicted octanol–water partition coefficient (Wildman–Crippen LogP) is 0.889. The normalized spacial score (nSPS) is 34.2. The molecule has 0 radical (unpaired) electrons. The molecule has 1 fully saturated rings. The van der Waals surface area contributed by atoms with Crippen molar-refractivity contribution in [2.45, 2.75) is 24.2 Å². The Morgan fingerprint density at radius 2 is 2.50 bits per heavy atom. The minimum absolute atomic E-state index is 0.103. The Labute approximate surface area is 66.0 Å². The molecule has 1 heterocycles. The largest absolute Gasteiger partial charge is 0.394 e. The van der Waals surface area contributed by atoms with Gasteiger partial charge in [0.15, 0.2) is 0 Å². The Balaban J connectivity index is 2.25. The first-order chi connectivity index (χ1) is 4.86. The fraction of sp³-hybridized carbons (Fsp3) is 1.00. The predicted molar refractivity (Wildman–Crippen MR) is 43.4 cm³/mol. The van der Waals surface area contributed by atoms with Crippen molar-refractivity contribution in [3.8, 4) is 0 Å². The van der Waals surface area contributed by atoms with E-state index in [0.29, 0.717) is 5.25 Å². The summed E-state index contributed by atoms with van der Waals surface area (Å²) in [6.45, 7) is 0.994. The summed E-state index contributed by atoms with van der Waals surface area (Å²) in [6, 6.07) is 0. The van der Waals surface area contributed by atoms with Gasteiger partial charge < -0.3 is 9.84 Å². The van der Waals surface area contributed by atoms with E-state index < -0.39 is 0 Å². The van der Waals surface area contributed by atoms with Crippen LogP contribution in [0.3, 0.4) is 0 Å². The molecule has 60 valence electrons. The van der Waals surface area contributed by atoms with E-state index in [1.165, 1.54) is 0 Å². The Kier molecular flexibility index (Phi) is 3.52. The van der Waals surface area contributed by atoms with E-state index >= 15 is 0 Å². The lowest BCUT2D eigenvalue weighted by Gasteiger charge is -2.26. The molecule has 0 bridgehead atoms. The first-order valence-corrected chi connectivity index (χ1v) is 4.91. The molecule has 1 N–H and O–H groups in total. The molecule has 1 aliphatic heterocycles. The van der Waals surface area contributed by atoms with Crippen LogP contribution in [0.2, 0.25) is 0 Å². The summed E-state index contributed by atoms with van der Waals surface area (Å²) < 4.78 is 5.30. The zero-order valence-electron chi connectivity index (χ0n) is 6.25. The van der Waals surface area contributed by atoms with Crippen molar-refractivity contribution < 1.29 is 9.84 Å². The molecule has 1 rings (SSSR count). The van der Waals surface area contributed by atoms with Gasteiger partial charge in [-0.15, -0.1) is 0 Å². The van der Waals surface area contributed by atoms with Gasteiger partial charge in [-0.3, -0.25) is 0 Å². The van der Waals surface area contributed by atoms with E-state index in [4.69, 9.17) is 9.84 Å². The molecule has 0 aromatic carbocycles. The standard InChI is InChI=1S/C7H14O2S/c1-10-7-2-3-9-6(4-7)5-8/h6-8H,2-5H2,1H3. The molecule has 0 saturated carbocycles. The van der Waals surface area contributed by atoms with Gasteiger partial charge in [0.25, 0.3) is 0 Å². The summed E-state index contributed by atoms with van der Waals surface area (Å²) in [5.74, 6) is 0. The van der Waals surface area contributed by atoms with E-state index in [1.807, 2.05) is 11.8 Å². The van der Waals surface area contributed by atoms with Gasteiger partial charge in [-0.05, 0) is 19.1 Å². The highest BCUT2D eigenvalue weighted by molar-refractivity contribution is 7.99. The molecule has 10 heavy (non-hydrogen) atoms. The van der Waals surface area contributed by atoms with Gasteiger partial charge >= 0.3 is 0 Å². The maximum atomic E-state index is 8.77. The third kappa shape index (κ3) is 2.15. The van der Waals surface area contributed by atoms with Crippen LogP contribution in [0.15, 0.2) is 0 Å². The average Bonchev–Trinajstić information content (AvgIpc) is 2.05. The molecule has 2 unspecified atom stereocenters. The maximum absolute atomic E-state index is 8.77. The van der Waals surface area contributed by atoms with Crippen molar-refractivity contribution >= 4 is 11.8 Å². The van der Waals surface area contributed by atoms with Crippen LogP contribution in [0.25, 0.3) is 0 Å². The van der Waals surface area contributed by atoms with E-state index in [9.17, 15) is 0 Å². The topological polar surface area (TPSA) is 29.5 Å². The van der Waals surface area contributed by atoms with Gasteiger partial charge in [0, 0.05) is 11.9 Å². The quantitative estimate of drug-likeness (QED) is 0.654. The zero-order valence-corrected chi connectivity index (χ0v) is 7.06. The highest BCUT2D eigenvalue weighted by Gasteiger charge is 2.20. The molecule has 2 atom stereocenters. The molecule has 3 heteroatoms. The first-order valence-electron chi connectivity index (χ1n) is 3.62. The van der Waals surface area contributed by atoms with Crippen molar-refractivity contribution in [2.75, 3.05) is 19.5 Å². The molecule has 2 nitrogen and oxygen atoms in total. The maximum Gasteiger partial charge on any atom is 0.0816 e. The monoisotopic (exact) mass is 162 g/mol. The van der Waals surface area contributed by atoms with Crippen molar-refractivity contribution in [1.29, 1.82) is 0 Å². The van der Waals surface area contributed by atoms with Crippen LogP contribution in [0, 0.1) is 0 Å². The SMILES string of the molecule is CSC1CCOC(CO)C1. The number of hydrogen-bond donors (Lipinski definition) is 1. The molecule has 1 aliphatic rings. The second-order valence-corrected chi connectivity index (χ2v) is 3.70. The molecule has 0 spiro atoms. The second-order valence-electron chi connectivity index (χ2n) is 2.56. The minimum atomic E-state index is 0.103. The van der Waals surface area contributed by atoms with Crippen LogP contribution in [0.4, 0.5) is 0 Å². The van der Waals surface area contributed by atoms with Gasteiger partial charge in [-0.25, -0.2) is 0 Å². The highest BCUT2D eigenvalue weighted by Crippen LogP contribution is 2.22. The van der Waals surface area contributed by atoms with Gasteiger partial charge in [0.2, 0.25) is 0 Å². The van der Waals surface area contributed by atoms with Crippen LogP contribution >= 0.6 is 11.8 Å². The zero-order chi connectivity index (χ0) is 7.40. The summed E-state index contributed by atoms with van der Waals surface area (Å²) in [5.41, 5.74) is 0. The van der Waals surface area contributed by atoms with Crippen molar-refractivity contribution in [2.24, 2.45) is 0 Å². The summed E-state index contributed by atoms with van der Waals surface area (Å²) >= 11 is 1.87. The van der Waals surface area contributed by atoms with Crippen molar-refractivity contribution in [3.05, 3.63) is 0 Å². The van der Waals surface area contributed by atoms with Crippen LogP contribution in [-0.2, 0) is 4.74 Å². The van der Waals surface area contributed by atoms with Gasteiger partial charge in [-0.1, -0.05) is 0 Å². The van der Waals surface area contributed by atoms with E-state index in [1.54, 1.807) is 0 Å². The van der Waals surface area contributed by atoms with Gasteiger partial charge in [0.1, 0.15) is 0 Å². The van der Waals surface area contributed by atoms with E-state index in [0.717, 1.165) is 19.4 Å². The Hall–Kier alpha value is 0.270. The van der Waals surface area contributed by atoms with Crippen LogP contribution < -0.4 is 0 Å². The molecule has 0 aromatic rings. The summed E-state index contributed by atoms with van der Waals surface area (Å²) in [5, 5.41) is 9.47. The van der Waals surface area contributed by atoms with Crippen LogP contribution in [0.1, 0.15) is 12.8 Å². The number of aliphatic hydroxyl groups excluding tert-OH is 1. The minimum Gasteiger partial charge on any atom is -0.394 e. The van der Waals surface area contributed by atoms with Gasteiger partial charge in [-0.2, -0.15) is 11.8 Å². The third-order valence-electron chi connectivity index (χ3n) is 1.86. The van der Waals surface area contributed by atoms with Crippen molar-refractivity contribution in [1.82, 2.24) is 0 Å².